The molecule has 69 heavy (non-hydrogen) atoms. The molecular formula is C67H52N2. The maximum absolute atomic E-state index is 4.22. The zero-order chi connectivity index (χ0) is 46.6. The molecule has 0 saturated heterocycles. The molecule has 1 spiro atoms. The van der Waals surface area contributed by atoms with Gasteiger partial charge in [-0.25, -0.2) is 0 Å². The minimum absolute atomic E-state index is 0.172. The van der Waals surface area contributed by atoms with Crippen LogP contribution in [0.5, 0.6) is 0 Å². The highest BCUT2D eigenvalue weighted by Crippen LogP contribution is 2.67. The molecule has 9 aromatic carbocycles. The standard InChI is InChI=1S/C67H52N2/c1-6-7-27-55-51-31-17-21-36-59(51)67(64(55)69(45-25-12-9-13-26-45)47-39-41-53-49-29-15-19-34-57(49)66(4,5)61(53)43-47)58-35-20-16-30-50(58)54-32-22-37-62(63(54)67)68(44-23-10-8-11-24-44)46-38-40-52-48-28-14-18-33-56(48)65(2,3)60(52)42-46/h6-43H,1H2,2-5H3/b27-7-. The third-order valence-electron chi connectivity index (χ3n) is 15.8. The van der Waals surface area contributed by atoms with Crippen molar-refractivity contribution in [2.24, 2.45) is 0 Å². The van der Waals surface area contributed by atoms with Crippen molar-refractivity contribution in [3.63, 3.8) is 0 Å². The van der Waals surface area contributed by atoms with E-state index in [1.165, 1.54) is 83.6 Å². The van der Waals surface area contributed by atoms with Gasteiger partial charge < -0.3 is 9.80 Å². The summed E-state index contributed by atoms with van der Waals surface area (Å²) >= 11 is 0. The summed E-state index contributed by atoms with van der Waals surface area (Å²) in [6.45, 7) is 13.7. The maximum Gasteiger partial charge on any atom is 0.0902 e. The van der Waals surface area contributed by atoms with Crippen LogP contribution in [0.4, 0.5) is 28.4 Å². The number of para-hydroxylation sites is 2. The Morgan fingerprint density at radius 3 is 1.33 bits per heavy atom. The van der Waals surface area contributed by atoms with Crippen LogP contribution >= 0.6 is 0 Å². The molecule has 9 aromatic rings. The van der Waals surface area contributed by atoms with Crippen molar-refractivity contribution < 1.29 is 0 Å². The molecule has 4 aliphatic rings. The Labute approximate surface area is 406 Å². The Hall–Kier alpha value is -8.20. The van der Waals surface area contributed by atoms with Crippen molar-refractivity contribution in [1.82, 2.24) is 0 Å². The third-order valence-corrected chi connectivity index (χ3v) is 15.8. The zero-order valence-electron chi connectivity index (χ0n) is 39.5. The Bertz CT molecular complexity index is 3640. The van der Waals surface area contributed by atoms with Gasteiger partial charge in [0.2, 0.25) is 0 Å². The van der Waals surface area contributed by atoms with Crippen molar-refractivity contribution in [3.8, 4) is 33.4 Å². The van der Waals surface area contributed by atoms with Crippen LogP contribution in [-0.2, 0) is 16.2 Å². The van der Waals surface area contributed by atoms with Gasteiger partial charge in [-0.3, -0.25) is 0 Å². The molecule has 0 bridgehead atoms. The Kier molecular flexibility index (Phi) is 9.01. The van der Waals surface area contributed by atoms with Crippen LogP contribution in [0, 0.1) is 0 Å². The number of nitrogens with zero attached hydrogens (tertiary/aromatic N) is 2. The quantitative estimate of drug-likeness (QED) is 0.140. The van der Waals surface area contributed by atoms with E-state index in [-0.39, 0.29) is 10.8 Å². The maximum atomic E-state index is 4.22. The van der Waals surface area contributed by atoms with Crippen molar-refractivity contribution >= 4 is 34.0 Å². The summed E-state index contributed by atoms with van der Waals surface area (Å²) < 4.78 is 0. The highest BCUT2D eigenvalue weighted by Gasteiger charge is 2.57. The second-order valence-electron chi connectivity index (χ2n) is 20.0. The van der Waals surface area contributed by atoms with Gasteiger partial charge in [-0.2, -0.15) is 0 Å². The molecule has 0 radical (unpaired) electrons. The lowest BCUT2D eigenvalue weighted by Gasteiger charge is -2.42. The average molecular weight is 885 g/mol. The van der Waals surface area contributed by atoms with Crippen LogP contribution < -0.4 is 9.80 Å². The van der Waals surface area contributed by atoms with Crippen molar-refractivity contribution in [1.29, 1.82) is 0 Å². The van der Waals surface area contributed by atoms with Gasteiger partial charge in [0.15, 0.2) is 0 Å². The van der Waals surface area contributed by atoms with E-state index in [1.807, 2.05) is 6.08 Å². The Balaban J connectivity index is 1.14. The van der Waals surface area contributed by atoms with Crippen molar-refractivity contribution in [3.05, 3.63) is 287 Å². The fraction of sp³-hybridized carbons (Fsp3) is 0.104. The van der Waals surface area contributed by atoms with E-state index in [0.717, 1.165) is 34.0 Å². The summed E-state index contributed by atoms with van der Waals surface area (Å²) in [7, 11) is 0. The topological polar surface area (TPSA) is 6.48 Å². The summed E-state index contributed by atoms with van der Waals surface area (Å²) in [5.74, 6) is 0. The molecule has 1 unspecified atom stereocenters. The Morgan fingerprint density at radius 1 is 0.362 bits per heavy atom. The number of hydrogen-bond donors (Lipinski definition) is 0. The SMILES string of the molecule is C=C/C=C\C1=C(N(c2ccccc2)c2ccc3c(c2)C(C)(C)c2ccccc2-3)C2(c3ccccc31)c1ccccc1-c1cccc(N(c3ccccc3)c3ccc4c(c3)C(C)(C)c3ccccc3-4)c12. The summed E-state index contributed by atoms with van der Waals surface area (Å²) in [6.07, 6.45) is 6.33. The normalized spacial score (nSPS) is 16.9. The number of rotatable bonds is 8. The van der Waals surface area contributed by atoms with Crippen molar-refractivity contribution in [2.45, 2.75) is 43.9 Å². The second-order valence-corrected chi connectivity index (χ2v) is 20.0. The molecule has 13 rings (SSSR count). The van der Waals surface area contributed by atoms with E-state index in [1.54, 1.807) is 0 Å². The van der Waals surface area contributed by atoms with Gasteiger partial charge in [-0.15, -0.1) is 0 Å². The number of fused-ring (bicyclic) bond motifs is 13. The van der Waals surface area contributed by atoms with Gasteiger partial charge in [0.25, 0.3) is 0 Å². The van der Waals surface area contributed by atoms with Crippen LogP contribution in [0.3, 0.4) is 0 Å². The molecule has 0 amide bonds. The first-order chi connectivity index (χ1) is 33.7. The average Bonchev–Trinajstić information content (AvgIpc) is 4.01. The molecule has 0 heterocycles. The first kappa shape index (κ1) is 41.0. The third kappa shape index (κ3) is 5.66. The first-order valence-corrected chi connectivity index (χ1v) is 24.3. The van der Waals surface area contributed by atoms with Crippen LogP contribution in [-0.4, -0.2) is 0 Å². The van der Waals surface area contributed by atoms with Crippen LogP contribution in [0.1, 0.15) is 72.2 Å². The van der Waals surface area contributed by atoms with Gasteiger partial charge in [0, 0.05) is 44.7 Å². The van der Waals surface area contributed by atoms with E-state index in [9.17, 15) is 0 Å². The van der Waals surface area contributed by atoms with Gasteiger partial charge in [0.1, 0.15) is 0 Å². The molecule has 2 heteroatoms. The smallest absolute Gasteiger partial charge is 0.0902 e. The van der Waals surface area contributed by atoms with Gasteiger partial charge >= 0.3 is 0 Å². The predicted molar refractivity (Wildman–Crippen MR) is 289 cm³/mol. The molecule has 330 valence electrons. The largest absolute Gasteiger partial charge is 0.312 e. The monoisotopic (exact) mass is 884 g/mol. The highest BCUT2D eigenvalue weighted by molar-refractivity contribution is 6.03. The molecule has 4 aliphatic carbocycles. The van der Waals surface area contributed by atoms with Crippen LogP contribution in [0.15, 0.2) is 243 Å². The zero-order valence-corrected chi connectivity index (χ0v) is 39.5. The first-order valence-electron chi connectivity index (χ1n) is 24.3. The molecule has 0 aliphatic heterocycles. The lowest BCUT2D eigenvalue weighted by Crippen LogP contribution is -2.37. The van der Waals surface area contributed by atoms with E-state index in [4.69, 9.17) is 0 Å². The van der Waals surface area contributed by atoms with Gasteiger partial charge in [-0.05, 0) is 127 Å². The summed E-state index contributed by atoms with van der Waals surface area (Å²) in [5.41, 5.74) is 24.9. The van der Waals surface area contributed by atoms with E-state index in [0.29, 0.717) is 0 Å². The number of hydrogen-bond acceptors (Lipinski definition) is 2. The van der Waals surface area contributed by atoms with E-state index >= 15 is 0 Å². The predicted octanol–water partition coefficient (Wildman–Crippen LogP) is 17.4. The van der Waals surface area contributed by atoms with E-state index < -0.39 is 5.41 Å². The minimum atomic E-state index is -0.785. The van der Waals surface area contributed by atoms with Crippen molar-refractivity contribution in [2.75, 3.05) is 9.80 Å². The fourth-order valence-electron chi connectivity index (χ4n) is 12.8. The summed E-state index contributed by atoms with van der Waals surface area (Å²) in [4.78, 5) is 5.12. The van der Waals surface area contributed by atoms with Gasteiger partial charge in [-0.1, -0.05) is 210 Å². The van der Waals surface area contributed by atoms with E-state index in [2.05, 4.69) is 269 Å². The number of benzene rings is 9. The van der Waals surface area contributed by atoms with Crippen LogP contribution in [0.25, 0.3) is 39.0 Å². The lowest BCUT2D eigenvalue weighted by atomic mass is 9.70. The molecule has 0 fully saturated rings. The highest BCUT2D eigenvalue weighted by atomic mass is 15.2. The van der Waals surface area contributed by atoms with Gasteiger partial charge in [0.05, 0.1) is 16.8 Å². The summed E-state index contributed by atoms with van der Waals surface area (Å²) in [6, 6.07) is 79.6. The fourth-order valence-corrected chi connectivity index (χ4v) is 12.8. The summed E-state index contributed by atoms with van der Waals surface area (Å²) in [5, 5.41) is 0. The molecule has 0 N–H and O–H groups in total. The number of allylic oxidation sites excluding steroid dienone is 5. The molecule has 1 atom stereocenters. The second kappa shape index (κ2) is 15.2. The Morgan fingerprint density at radius 2 is 0.783 bits per heavy atom. The molecule has 0 aromatic heterocycles. The van der Waals surface area contributed by atoms with Crippen LogP contribution in [0.2, 0.25) is 0 Å². The molecule has 0 saturated carbocycles. The lowest BCUT2D eigenvalue weighted by molar-refractivity contribution is 0.660. The molecule has 2 nitrogen and oxygen atoms in total. The minimum Gasteiger partial charge on any atom is -0.312 e. The molecular weight excluding hydrogens is 833 g/mol. The number of anilines is 5.